The highest BCUT2D eigenvalue weighted by molar-refractivity contribution is 6.33. The van der Waals surface area contributed by atoms with Crippen molar-refractivity contribution in [3.8, 4) is 0 Å². The van der Waals surface area contributed by atoms with Gasteiger partial charge >= 0.3 is 5.97 Å². The topological polar surface area (TPSA) is 66.4 Å². The fourth-order valence-electron chi connectivity index (χ4n) is 1.56. The summed E-state index contributed by atoms with van der Waals surface area (Å²) in [4.78, 5) is 22.8. The highest BCUT2D eigenvalue weighted by Crippen LogP contribution is 2.28. The predicted octanol–water partition coefficient (Wildman–Crippen LogP) is 4.05. The lowest BCUT2D eigenvalue weighted by molar-refractivity contribution is -0.117. The van der Waals surface area contributed by atoms with Crippen molar-refractivity contribution in [2.45, 2.75) is 34.1 Å². The minimum Gasteiger partial charge on any atom is -0.478 e. The quantitative estimate of drug-likeness (QED) is 0.881. The maximum atomic E-state index is 11.9. The summed E-state index contributed by atoms with van der Waals surface area (Å²) >= 11 is 5.85. The second-order valence-corrected chi connectivity index (χ2v) is 6.43. The van der Waals surface area contributed by atoms with Crippen molar-refractivity contribution in [3.63, 3.8) is 0 Å². The molecule has 0 spiro atoms. The van der Waals surface area contributed by atoms with Gasteiger partial charge in [0.05, 0.1) is 10.6 Å². The molecule has 0 bridgehead atoms. The number of benzene rings is 1. The summed E-state index contributed by atoms with van der Waals surface area (Å²) in [6.45, 7) is 8.29. The van der Waals surface area contributed by atoms with Gasteiger partial charge in [0.2, 0.25) is 5.91 Å². The molecule has 110 valence electrons. The van der Waals surface area contributed by atoms with Gasteiger partial charge in [-0.25, -0.2) is 4.79 Å². The lowest BCUT2D eigenvalue weighted by Gasteiger charge is -2.26. The minimum atomic E-state index is -1.09. The molecule has 2 N–H and O–H groups in total. The van der Waals surface area contributed by atoms with E-state index >= 15 is 0 Å². The zero-order valence-electron chi connectivity index (χ0n) is 12.2. The third kappa shape index (κ3) is 4.53. The van der Waals surface area contributed by atoms with E-state index in [9.17, 15) is 9.59 Å². The van der Waals surface area contributed by atoms with E-state index in [1.807, 2.05) is 6.92 Å². The number of carboxylic acid groups (broad SMARTS) is 1. The second kappa shape index (κ2) is 6.27. The molecule has 0 aliphatic carbocycles. The number of carbonyl (C=O) groups is 2. The fourth-order valence-corrected chi connectivity index (χ4v) is 1.82. The van der Waals surface area contributed by atoms with Crippen molar-refractivity contribution in [1.82, 2.24) is 0 Å². The van der Waals surface area contributed by atoms with Gasteiger partial charge in [0, 0.05) is 12.1 Å². The van der Waals surface area contributed by atoms with E-state index < -0.39 is 5.97 Å². The molecule has 0 fully saturated rings. The molecule has 0 saturated carbocycles. The van der Waals surface area contributed by atoms with E-state index in [-0.39, 0.29) is 27.8 Å². The number of aromatic carboxylic acids is 1. The highest BCUT2D eigenvalue weighted by atomic mass is 35.5. The first-order chi connectivity index (χ1) is 9.11. The summed E-state index contributed by atoms with van der Waals surface area (Å²) < 4.78 is 0. The first-order valence-electron chi connectivity index (χ1n) is 6.44. The average Bonchev–Trinajstić information content (AvgIpc) is 2.26. The van der Waals surface area contributed by atoms with Gasteiger partial charge in [0.25, 0.3) is 0 Å². The Hall–Kier alpha value is -1.55. The van der Waals surface area contributed by atoms with Crippen LogP contribution >= 0.6 is 11.6 Å². The van der Waals surface area contributed by atoms with Crippen LogP contribution in [0.1, 0.15) is 44.5 Å². The molecule has 0 heterocycles. The van der Waals surface area contributed by atoms with E-state index in [0.29, 0.717) is 12.1 Å². The van der Waals surface area contributed by atoms with E-state index in [4.69, 9.17) is 16.7 Å². The summed E-state index contributed by atoms with van der Waals surface area (Å²) in [5.74, 6) is -0.961. The van der Waals surface area contributed by atoms with E-state index in [2.05, 4.69) is 26.1 Å². The van der Waals surface area contributed by atoms with E-state index in [0.717, 1.165) is 0 Å². The molecule has 0 aromatic heterocycles. The molecule has 1 unspecified atom stereocenters. The van der Waals surface area contributed by atoms with Gasteiger partial charge in [-0.3, -0.25) is 4.79 Å². The Bertz CT molecular complexity index is 520. The van der Waals surface area contributed by atoms with Crippen molar-refractivity contribution in [1.29, 1.82) is 0 Å². The molecular weight excluding hydrogens is 278 g/mol. The van der Waals surface area contributed by atoms with Crippen LogP contribution in [0.3, 0.4) is 0 Å². The monoisotopic (exact) mass is 297 g/mol. The minimum absolute atomic E-state index is 0.0210. The third-order valence-corrected chi connectivity index (χ3v) is 3.77. The molecule has 0 radical (unpaired) electrons. The van der Waals surface area contributed by atoms with Gasteiger partial charge in [-0.15, -0.1) is 0 Å². The molecule has 5 heteroatoms. The van der Waals surface area contributed by atoms with Crippen molar-refractivity contribution < 1.29 is 14.7 Å². The van der Waals surface area contributed by atoms with Crippen LogP contribution in [-0.4, -0.2) is 17.0 Å². The average molecular weight is 298 g/mol. The maximum Gasteiger partial charge on any atom is 0.337 e. The van der Waals surface area contributed by atoms with Crippen LogP contribution in [0, 0.1) is 11.3 Å². The Morgan fingerprint density at radius 3 is 2.40 bits per heavy atom. The molecule has 1 aromatic rings. The van der Waals surface area contributed by atoms with E-state index in [1.165, 1.54) is 18.2 Å². The number of halogens is 1. The smallest absolute Gasteiger partial charge is 0.337 e. The Labute approximate surface area is 124 Å². The molecule has 0 aliphatic rings. The number of hydrogen-bond acceptors (Lipinski definition) is 2. The van der Waals surface area contributed by atoms with Crippen molar-refractivity contribution in [2.75, 3.05) is 5.32 Å². The van der Waals surface area contributed by atoms with Gasteiger partial charge < -0.3 is 10.4 Å². The predicted molar refractivity (Wildman–Crippen MR) is 80.3 cm³/mol. The number of rotatable bonds is 4. The molecule has 1 aromatic carbocycles. The Morgan fingerprint density at radius 2 is 1.95 bits per heavy atom. The third-order valence-electron chi connectivity index (χ3n) is 3.45. The summed E-state index contributed by atoms with van der Waals surface area (Å²) in [5.41, 5.74) is 0.584. The van der Waals surface area contributed by atoms with Crippen LogP contribution in [0.25, 0.3) is 0 Å². The van der Waals surface area contributed by atoms with Crippen molar-refractivity contribution >= 4 is 29.2 Å². The molecule has 1 rings (SSSR count). The second-order valence-electron chi connectivity index (χ2n) is 6.02. The first kappa shape index (κ1) is 16.5. The Balaban J connectivity index is 2.72. The van der Waals surface area contributed by atoms with Crippen LogP contribution < -0.4 is 5.32 Å². The van der Waals surface area contributed by atoms with Gasteiger partial charge in [-0.05, 0) is 29.5 Å². The molecule has 0 saturated heterocycles. The van der Waals surface area contributed by atoms with Crippen molar-refractivity contribution in [3.05, 3.63) is 28.8 Å². The van der Waals surface area contributed by atoms with Gasteiger partial charge in [0.1, 0.15) is 0 Å². The number of hydrogen-bond donors (Lipinski definition) is 2. The number of anilines is 1. The van der Waals surface area contributed by atoms with Crippen LogP contribution in [0.2, 0.25) is 5.02 Å². The SMILES string of the molecule is CC(CC(=O)Nc1ccc(C(=O)O)c(Cl)c1)C(C)(C)C. The number of amides is 1. The molecular formula is C15H20ClNO3. The van der Waals surface area contributed by atoms with Gasteiger partial charge in [0.15, 0.2) is 0 Å². The van der Waals surface area contributed by atoms with Crippen molar-refractivity contribution in [2.24, 2.45) is 11.3 Å². The largest absolute Gasteiger partial charge is 0.478 e. The fraction of sp³-hybridized carbons (Fsp3) is 0.467. The lowest BCUT2D eigenvalue weighted by atomic mass is 9.80. The summed E-state index contributed by atoms with van der Waals surface area (Å²) in [6.07, 6.45) is 0.405. The van der Waals surface area contributed by atoms with Gasteiger partial charge in [-0.1, -0.05) is 39.3 Å². The Morgan fingerprint density at radius 1 is 1.35 bits per heavy atom. The summed E-state index contributed by atoms with van der Waals surface area (Å²) in [6, 6.07) is 4.37. The summed E-state index contributed by atoms with van der Waals surface area (Å²) in [5, 5.41) is 11.7. The number of carboxylic acids is 1. The summed E-state index contributed by atoms with van der Waals surface area (Å²) in [7, 11) is 0. The molecule has 1 atom stereocenters. The Kier molecular flexibility index (Phi) is 5.17. The normalized spacial score (nSPS) is 12.8. The van der Waals surface area contributed by atoms with Crippen LogP contribution in [0.15, 0.2) is 18.2 Å². The van der Waals surface area contributed by atoms with E-state index in [1.54, 1.807) is 0 Å². The van der Waals surface area contributed by atoms with Crippen LogP contribution in [0.5, 0.6) is 0 Å². The van der Waals surface area contributed by atoms with Crippen LogP contribution in [0.4, 0.5) is 5.69 Å². The maximum absolute atomic E-state index is 11.9. The molecule has 4 nitrogen and oxygen atoms in total. The highest BCUT2D eigenvalue weighted by Gasteiger charge is 2.22. The zero-order chi connectivity index (χ0) is 15.5. The standard InChI is InChI=1S/C15H20ClNO3/c1-9(15(2,3)4)7-13(18)17-10-5-6-11(14(19)20)12(16)8-10/h5-6,8-9H,7H2,1-4H3,(H,17,18)(H,19,20). The van der Waals surface area contributed by atoms with Crippen LogP contribution in [-0.2, 0) is 4.79 Å². The lowest BCUT2D eigenvalue weighted by Crippen LogP contribution is -2.23. The number of nitrogens with one attached hydrogen (secondary N) is 1. The molecule has 20 heavy (non-hydrogen) atoms. The van der Waals surface area contributed by atoms with Gasteiger partial charge in [-0.2, -0.15) is 0 Å². The molecule has 1 amide bonds. The number of carbonyl (C=O) groups excluding carboxylic acids is 1. The zero-order valence-corrected chi connectivity index (χ0v) is 12.9. The molecule has 0 aliphatic heterocycles. The first-order valence-corrected chi connectivity index (χ1v) is 6.81.